The molecule has 1 N–H and O–H groups in total. The first-order valence-corrected chi connectivity index (χ1v) is 8.01. The summed E-state index contributed by atoms with van der Waals surface area (Å²) in [6.45, 7) is 3.27. The van der Waals surface area contributed by atoms with Crippen LogP contribution in [0, 0.1) is 18.6 Å². The van der Waals surface area contributed by atoms with Crippen LogP contribution in [-0.4, -0.2) is 24.6 Å². The summed E-state index contributed by atoms with van der Waals surface area (Å²) in [6.07, 6.45) is -1.28. The lowest BCUT2D eigenvalue weighted by Gasteiger charge is -2.14. The van der Waals surface area contributed by atoms with Crippen LogP contribution in [0.3, 0.4) is 0 Å². The summed E-state index contributed by atoms with van der Waals surface area (Å²) in [5.74, 6) is -2.66. The number of hydrogen-bond acceptors (Lipinski definition) is 4. The van der Waals surface area contributed by atoms with Crippen molar-refractivity contribution in [1.82, 2.24) is 0 Å². The fourth-order valence-electron chi connectivity index (χ4n) is 2.11. The number of para-hydroxylation sites is 2. The van der Waals surface area contributed by atoms with Gasteiger partial charge in [0.05, 0.1) is 13.0 Å². The summed E-state index contributed by atoms with van der Waals surface area (Å²) in [4.78, 5) is 23.7. The van der Waals surface area contributed by atoms with E-state index in [0.717, 1.165) is 17.7 Å². The van der Waals surface area contributed by atoms with Crippen molar-refractivity contribution in [3.63, 3.8) is 0 Å². The maximum absolute atomic E-state index is 13.5. The average Bonchev–Trinajstić information content (AvgIpc) is 2.59. The van der Waals surface area contributed by atoms with E-state index in [2.05, 4.69) is 5.32 Å². The Bertz CT molecular complexity index is 775. The molecular weight excluding hydrogens is 344 g/mol. The van der Waals surface area contributed by atoms with Crippen molar-refractivity contribution < 1.29 is 27.8 Å². The number of nitrogens with one attached hydrogen (secondary N) is 1. The quantitative estimate of drug-likeness (QED) is 0.763. The highest BCUT2D eigenvalue weighted by atomic mass is 19.1. The van der Waals surface area contributed by atoms with E-state index in [1.807, 2.05) is 25.1 Å². The van der Waals surface area contributed by atoms with Crippen LogP contribution in [0.4, 0.5) is 14.5 Å². The van der Waals surface area contributed by atoms with E-state index in [1.165, 1.54) is 13.0 Å². The SMILES string of the molecule is Cc1ccccc1OCCC(=O)O[C@H](C)C(=O)Nc1c(F)cccc1F. The predicted molar refractivity (Wildman–Crippen MR) is 91.8 cm³/mol. The molecule has 0 saturated heterocycles. The lowest BCUT2D eigenvalue weighted by atomic mass is 10.2. The average molecular weight is 363 g/mol. The molecule has 2 aromatic rings. The Kier molecular flexibility index (Phi) is 6.66. The Morgan fingerprint density at radius 2 is 1.73 bits per heavy atom. The van der Waals surface area contributed by atoms with Gasteiger partial charge in [0.25, 0.3) is 5.91 Å². The van der Waals surface area contributed by atoms with Gasteiger partial charge in [-0.05, 0) is 37.6 Å². The minimum Gasteiger partial charge on any atom is -0.493 e. The molecule has 0 fully saturated rings. The van der Waals surface area contributed by atoms with Crippen LogP contribution in [-0.2, 0) is 14.3 Å². The van der Waals surface area contributed by atoms with E-state index in [9.17, 15) is 18.4 Å². The van der Waals surface area contributed by atoms with Crippen molar-refractivity contribution in [1.29, 1.82) is 0 Å². The minimum absolute atomic E-state index is 0.0694. The van der Waals surface area contributed by atoms with E-state index >= 15 is 0 Å². The molecule has 2 aromatic carbocycles. The molecule has 2 rings (SSSR count). The molecule has 5 nitrogen and oxygen atoms in total. The molecule has 0 aliphatic carbocycles. The molecular formula is C19H19F2NO4. The highest BCUT2D eigenvalue weighted by Crippen LogP contribution is 2.19. The van der Waals surface area contributed by atoms with Crippen molar-refractivity contribution in [3.8, 4) is 5.75 Å². The number of amides is 1. The third-order valence-corrected chi connectivity index (χ3v) is 3.55. The zero-order chi connectivity index (χ0) is 19.1. The number of carbonyl (C=O) groups excluding carboxylic acids is 2. The van der Waals surface area contributed by atoms with Gasteiger partial charge in [-0.3, -0.25) is 9.59 Å². The zero-order valence-corrected chi connectivity index (χ0v) is 14.4. The smallest absolute Gasteiger partial charge is 0.310 e. The van der Waals surface area contributed by atoms with Gasteiger partial charge in [0.15, 0.2) is 6.10 Å². The minimum atomic E-state index is -1.21. The lowest BCUT2D eigenvalue weighted by molar-refractivity contribution is -0.153. The van der Waals surface area contributed by atoms with Gasteiger partial charge in [-0.2, -0.15) is 0 Å². The van der Waals surface area contributed by atoms with Crippen LogP contribution < -0.4 is 10.1 Å². The summed E-state index contributed by atoms with van der Waals surface area (Å²) < 4.78 is 37.5. The number of halogens is 2. The maximum atomic E-state index is 13.5. The van der Waals surface area contributed by atoms with E-state index in [-0.39, 0.29) is 13.0 Å². The Hall–Kier alpha value is -2.96. The molecule has 0 saturated carbocycles. The van der Waals surface area contributed by atoms with Gasteiger partial charge in [0, 0.05) is 0 Å². The number of ether oxygens (including phenoxy) is 2. The molecule has 0 heterocycles. The van der Waals surface area contributed by atoms with Crippen LogP contribution in [0.2, 0.25) is 0 Å². The van der Waals surface area contributed by atoms with Crippen molar-refractivity contribution in [2.75, 3.05) is 11.9 Å². The van der Waals surface area contributed by atoms with Crippen molar-refractivity contribution in [3.05, 3.63) is 59.7 Å². The maximum Gasteiger partial charge on any atom is 0.310 e. The molecule has 0 bridgehead atoms. The summed E-state index contributed by atoms with van der Waals surface area (Å²) in [7, 11) is 0. The first kappa shape index (κ1) is 19.4. The standard InChI is InChI=1S/C19H19F2NO4/c1-12-6-3-4-9-16(12)25-11-10-17(23)26-13(2)19(24)22-18-14(20)7-5-8-15(18)21/h3-9,13H,10-11H2,1-2H3,(H,22,24)/t13-/m1/s1. The number of aryl methyl sites for hydroxylation is 1. The Labute approximate surface area is 149 Å². The number of hydrogen-bond donors (Lipinski definition) is 1. The van der Waals surface area contributed by atoms with Gasteiger partial charge in [-0.1, -0.05) is 24.3 Å². The third-order valence-electron chi connectivity index (χ3n) is 3.55. The monoisotopic (exact) mass is 363 g/mol. The van der Waals surface area contributed by atoms with Crippen LogP contribution in [0.1, 0.15) is 18.9 Å². The first-order valence-electron chi connectivity index (χ1n) is 8.01. The van der Waals surface area contributed by atoms with Gasteiger partial charge in [0.2, 0.25) is 0 Å². The molecule has 0 aromatic heterocycles. The Morgan fingerprint density at radius 1 is 1.08 bits per heavy atom. The molecule has 0 spiro atoms. The summed E-state index contributed by atoms with van der Waals surface area (Å²) in [5, 5.41) is 2.08. The van der Waals surface area contributed by atoms with Crippen LogP contribution >= 0.6 is 0 Å². The molecule has 7 heteroatoms. The number of esters is 1. The second-order valence-corrected chi connectivity index (χ2v) is 5.58. The van der Waals surface area contributed by atoms with Gasteiger partial charge < -0.3 is 14.8 Å². The molecule has 0 aliphatic heterocycles. The van der Waals surface area contributed by atoms with E-state index in [0.29, 0.717) is 5.75 Å². The highest BCUT2D eigenvalue weighted by Gasteiger charge is 2.20. The number of rotatable bonds is 7. The van der Waals surface area contributed by atoms with Crippen LogP contribution in [0.15, 0.2) is 42.5 Å². The third kappa shape index (κ3) is 5.27. The number of carbonyl (C=O) groups is 2. The van der Waals surface area contributed by atoms with Crippen molar-refractivity contribution in [2.24, 2.45) is 0 Å². The normalized spacial score (nSPS) is 11.5. The van der Waals surface area contributed by atoms with E-state index in [1.54, 1.807) is 6.07 Å². The fraction of sp³-hybridized carbons (Fsp3) is 0.263. The molecule has 1 atom stereocenters. The topological polar surface area (TPSA) is 64.6 Å². The first-order chi connectivity index (χ1) is 12.4. The highest BCUT2D eigenvalue weighted by molar-refractivity contribution is 5.95. The predicted octanol–water partition coefficient (Wildman–Crippen LogP) is 3.61. The molecule has 0 radical (unpaired) electrons. The largest absolute Gasteiger partial charge is 0.493 e. The van der Waals surface area contributed by atoms with Crippen molar-refractivity contribution >= 4 is 17.6 Å². The summed E-state index contributed by atoms with van der Waals surface area (Å²) in [6, 6.07) is 10.5. The van der Waals surface area contributed by atoms with E-state index in [4.69, 9.17) is 9.47 Å². The summed E-state index contributed by atoms with van der Waals surface area (Å²) >= 11 is 0. The Morgan fingerprint density at radius 3 is 2.38 bits per heavy atom. The molecule has 26 heavy (non-hydrogen) atoms. The number of benzene rings is 2. The Balaban J connectivity index is 1.81. The van der Waals surface area contributed by atoms with E-state index < -0.39 is 35.3 Å². The van der Waals surface area contributed by atoms with Gasteiger partial charge in [-0.15, -0.1) is 0 Å². The number of anilines is 1. The van der Waals surface area contributed by atoms with Gasteiger partial charge >= 0.3 is 5.97 Å². The van der Waals surface area contributed by atoms with Crippen LogP contribution in [0.25, 0.3) is 0 Å². The fourth-order valence-corrected chi connectivity index (χ4v) is 2.11. The van der Waals surface area contributed by atoms with Crippen molar-refractivity contribution in [2.45, 2.75) is 26.4 Å². The molecule has 1 amide bonds. The zero-order valence-electron chi connectivity index (χ0n) is 14.4. The lowest BCUT2D eigenvalue weighted by Crippen LogP contribution is -2.31. The second kappa shape index (κ2) is 8.94. The van der Waals surface area contributed by atoms with Gasteiger partial charge in [0.1, 0.15) is 23.1 Å². The summed E-state index contributed by atoms with van der Waals surface area (Å²) in [5.41, 5.74) is 0.351. The van der Waals surface area contributed by atoms with Crippen LogP contribution in [0.5, 0.6) is 5.75 Å². The molecule has 0 unspecified atom stereocenters. The second-order valence-electron chi connectivity index (χ2n) is 5.58. The van der Waals surface area contributed by atoms with Gasteiger partial charge in [-0.25, -0.2) is 8.78 Å². The molecule has 0 aliphatic rings. The molecule has 138 valence electrons.